The second-order valence-electron chi connectivity index (χ2n) is 5.55. The fourth-order valence-corrected chi connectivity index (χ4v) is 3.15. The van der Waals surface area contributed by atoms with Crippen molar-refractivity contribution in [2.45, 2.75) is 50.6 Å². The molecule has 0 aliphatic heterocycles. The number of carbonyl (C=O) groups is 1. The molecule has 110 valence electrons. The average molecular weight is 315 g/mol. The molecule has 0 heterocycles. The summed E-state index contributed by atoms with van der Waals surface area (Å²) in [7, 11) is 0. The van der Waals surface area contributed by atoms with Crippen LogP contribution < -0.4 is 11.1 Å². The lowest BCUT2D eigenvalue weighted by Crippen LogP contribution is -2.55. The third-order valence-corrected chi connectivity index (χ3v) is 4.83. The monoisotopic (exact) mass is 314 g/mol. The van der Waals surface area contributed by atoms with E-state index in [2.05, 4.69) is 5.32 Å². The van der Waals surface area contributed by atoms with Crippen LogP contribution in [0.4, 0.5) is 0 Å². The Morgan fingerprint density at radius 3 is 2.60 bits per heavy atom. The molecule has 1 unspecified atom stereocenters. The van der Waals surface area contributed by atoms with Crippen molar-refractivity contribution < 1.29 is 4.79 Å². The predicted molar refractivity (Wildman–Crippen MR) is 83.0 cm³/mol. The van der Waals surface area contributed by atoms with Gasteiger partial charge in [-0.25, -0.2) is 0 Å². The van der Waals surface area contributed by atoms with Crippen LogP contribution in [0.25, 0.3) is 0 Å². The highest BCUT2D eigenvalue weighted by Crippen LogP contribution is 2.31. The number of hydrogen-bond donors (Lipinski definition) is 2. The molecule has 20 heavy (non-hydrogen) atoms. The first kappa shape index (κ1) is 15.6. The van der Waals surface area contributed by atoms with Gasteiger partial charge in [-0.2, -0.15) is 0 Å². The van der Waals surface area contributed by atoms with Gasteiger partial charge in [-0.15, -0.1) is 0 Å². The number of carbonyl (C=O) groups excluding carboxylic acids is 1. The zero-order chi connectivity index (χ0) is 14.8. The first-order chi connectivity index (χ1) is 9.44. The number of benzene rings is 1. The molecule has 1 amide bonds. The fraction of sp³-hybridized carbons (Fsp3) is 0.533. The molecule has 0 saturated heterocycles. The number of amides is 1. The third-order valence-electron chi connectivity index (χ3n) is 3.99. The van der Waals surface area contributed by atoms with E-state index < -0.39 is 5.54 Å². The average Bonchev–Trinajstić information content (AvgIpc) is 2.42. The van der Waals surface area contributed by atoms with Crippen LogP contribution in [-0.4, -0.2) is 11.4 Å². The third kappa shape index (κ3) is 3.27. The lowest BCUT2D eigenvalue weighted by Gasteiger charge is -2.33. The maximum absolute atomic E-state index is 12.4. The van der Waals surface area contributed by atoms with Crippen LogP contribution >= 0.6 is 23.2 Å². The Labute approximate surface area is 129 Å². The van der Waals surface area contributed by atoms with E-state index in [1.54, 1.807) is 6.07 Å². The first-order valence-electron chi connectivity index (χ1n) is 6.98. The number of nitrogens with two attached hydrogens (primary N) is 1. The van der Waals surface area contributed by atoms with E-state index in [9.17, 15) is 4.79 Å². The second kappa shape index (κ2) is 6.33. The molecule has 3 N–H and O–H groups in total. The number of hydrogen-bond acceptors (Lipinski definition) is 2. The van der Waals surface area contributed by atoms with Crippen molar-refractivity contribution in [1.29, 1.82) is 0 Å². The van der Waals surface area contributed by atoms with E-state index in [4.69, 9.17) is 28.9 Å². The SMILES string of the molecule is CC(NC(=O)C1(N)CCCCC1)c1cccc(Cl)c1Cl. The van der Waals surface area contributed by atoms with E-state index >= 15 is 0 Å². The maximum Gasteiger partial charge on any atom is 0.240 e. The normalized spacial score (nSPS) is 19.4. The van der Waals surface area contributed by atoms with Gasteiger partial charge in [-0.05, 0) is 31.4 Å². The van der Waals surface area contributed by atoms with Crippen LogP contribution in [0, 0.1) is 0 Å². The topological polar surface area (TPSA) is 55.1 Å². The van der Waals surface area contributed by atoms with E-state index in [0.717, 1.165) is 37.7 Å². The van der Waals surface area contributed by atoms with Crippen molar-refractivity contribution in [3.63, 3.8) is 0 Å². The molecular formula is C15H20Cl2N2O. The van der Waals surface area contributed by atoms with Crippen molar-refractivity contribution in [2.75, 3.05) is 0 Å². The van der Waals surface area contributed by atoms with Gasteiger partial charge < -0.3 is 11.1 Å². The number of rotatable bonds is 3. The summed E-state index contributed by atoms with van der Waals surface area (Å²) < 4.78 is 0. The molecule has 1 aliphatic carbocycles. The summed E-state index contributed by atoms with van der Waals surface area (Å²) in [5, 5.41) is 3.94. The van der Waals surface area contributed by atoms with Crippen LogP contribution in [0.1, 0.15) is 50.6 Å². The Balaban J connectivity index is 2.09. The van der Waals surface area contributed by atoms with Gasteiger partial charge in [-0.3, -0.25) is 4.79 Å². The standard InChI is InChI=1S/C15H20Cl2N2O/c1-10(11-6-5-7-12(16)13(11)17)19-14(20)15(18)8-3-2-4-9-15/h5-7,10H,2-4,8-9,18H2,1H3,(H,19,20). The van der Waals surface area contributed by atoms with Crippen molar-refractivity contribution >= 4 is 29.1 Å². The lowest BCUT2D eigenvalue weighted by molar-refractivity contribution is -0.128. The van der Waals surface area contributed by atoms with Crippen LogP contribution in [-0.2, 0) is 4.79 Å². The van der Waals surface area contributed by atoms with E-state index in [1.165, 1.54) is 0 Å². The summed E-state index contributed by atoms with van der Waals surface area (Å²) in [4.78, 5) is 12.4. The molecule has 1 aliphatic rings. The smallest absolute Gasteiger partial charge is 0.240 e. The van der Waals surface area contributed by atoms with Gasteiger partial charge in [0, 0.05) is 0 Å². The summed E-state index contributed by atoms with van der Waals surface area (Å²) in [5.41, 5.74) is 6.30. The molecule has 0 radical (unpaired) electrons. The summed E-state index contributed by atoms with van der Waals surface area (Å²) in [6, 6.07) is 5.21. The van der Waals surface area contributed by atoms with Crippen LogP contribution in [0.2, 0.25) is 10.0 Å². The summed E-state index contributed by atoms with van der Waals surface area (Å²) >= 11 is 12.2. The highest BCUT2D eigenvalue weighted by Gasteiger charge is 2.36. The zero-order valence-electron chi connectivity index (χ0n) is 11.6. The Kier molecular flexibility index (Phi) is 4.95. The number of nitrogens with one attached hydrogen (secondary N) is 1. The minimum atomic E-state index is -0.739. The summed E-state index contributed by atoms with van der Waals surface area (Å²) in [6.07, 6.45) is 4.66. The lowest BCUT2D eigenvalue weighted by atomic mass is 9.81. The Hall–Kier alpha value is -0.770. The molecule has 0 bridgehead atoms. The largest absolute Gasteiger partial charge is 0.348 e. The van der Waals surface area contributed by atoms with Crippen molar-refractivity contribution in [3.8, 4) is 0 Å². The summed E-state index contributed by atoms with van der Waals surface area (Å²) in [6.45, 7) is 1.89. The van der Waals surface area contributed by atoms with Gasteiger partial charge >= 0.3 is 0 Å². The Bertz CT molecular complexity index is 499. The van der Waals surface area contributed by atoms with Crippen LogP contribution in [0.5, 0.6) is 0 Å². The minimum absolute atomic E-state index is 0.0965. The molecule has 0 spiro atoms. The van der Waals surface area contributed by atoms with Gasteiger partial charge in [0.15, 0.2) is 0 Å². The molecule has 1 fully saturated rings. The van der Waals surface area contributed by atoms with Crippen molar-refractivity contribution in [3.05, 3.63) is 33.8 Å². The Morgan fingerprint density at radius 2 is 1.95 bits per heavy atom. The quantitative estimate of drug-likeness (QED) is 0.890. The van der Waals surface area contributed by atoms with Crippen LogP contribution in [0.3, 0.4) is 0 Å². The molecule has 1 atom stereocenters. The second-order valence-corrected chi connectivity index (χ2v) is 6.34. The maximum atomic E-state index is 12.4. The molecule has 1 aromatic rings. The molecule has 0 aromatic heterocycles. The highest BCUT2D eigenvalue weighted by molar-refractivity contribution is 6.42. The molecule has 2 rings (SSSR count). The number of halogens is 2. The van der Waals surface area contributed by atoms with E-state index in [0.29, 0.717) is 10.0 Å². The zero-order valence-corrected chi connectivity index (χ0v) is 13.1. The van der Waals surface area contributed by atoms with Gasteiger partial charge in [0.05, 0.1) is 21.6 Å². The van der Waals surface area contributed by atoms with Gasteiger partial charge in [0.25, 0.3) is 0 Å². The molecular weight excluding hydrogens is 295 g/mol. The van der Waals surface area contributed by atoms with E-state index in [-0.39, 0.29) is 11.9 Å². The van der Waals surface area contributed by atoms with Crippen LogP contribution in [0.15, 0.2) is 18.2 Å². The summed E-state index contributed by atoms with van der Waals surface area (Å²) in [5.74, 6) is -0.0965. The molecule has 3 nitrogen and oxygen atoms in total. The van der Waals surface area contributed by atoms with Crippen molar-refractivity contribution in [2.24, 2.45) is 5.73 Å². The van der Waals surface area contributed by atoms with Gasteiger partial charge in [0.2, 0.25) is 5.91 Å². The molecule has 5 heteroatoms. The fourth-order valence-electron chi connectivity index (χ4n) is 2.68. The Morgan fingerprint density at radius 1 is 1.30 bits per heavy atom. The predicted octanol–water partition coefficient (Wildman–Crippen LogP) is 3.83. The van der Waals surface area contributed by atoms with Gasteiger partial charge in [-0.1, -0.05) is 54.6 Å². The van der Waals surface area contributed by atoms with Crippen molar-refractivity contribution in [1.82, 2.24) is 5.32 Å². The first-order valence-corrected chi connectivity index (χ1v) is 7.73. The highest BCUT2D eigenvalue weighted by atomic mass is 35.5. The molecule has 1 aromatic carbocycles. The van der Waals surface area contributed by atoms with E-state index in [1.807, 2.05) is 19.1 Å². The minimum Gasteiger partial charge on any atom is -0.348 e. The van der Waals surface area contributed by atoms with Gasteiger partial charge in [0.1, 0.15) is 0 Å². The molecule has 1 saturated carbocycles.